The molecular weight excluding hydrogens is 292 g/mol. The molecule has 6 heteroatoms. The molecule has 0 bridgehead atoms. The first-order chi connectivity index (χ1) is 7.46. The summed E-state index contributed by atoms with van der Waals surface area (Å²) in [7, 11) is -1.56. The van der Waals surface area contributed by atoms with E-state index < -0.39 is 10.0 Å². The van der Waals surface area contributed by atoms with Gasteiger partial charge in [-0.2, -0.15) is 0 Å². The summed E-state index contributed by atoms with van der Waals surface area (Å²) in [5.41, 5.74) is 1.57. The maximum absolute atomic E-state index is 11.7. The second-order valence-corrected chi connectivity index (χ2v) is 6.10. The quantitative estimate of drug-likeness (QED) is 0.871. The van der Waals surface area contributed by atoms with Crippen molar-refractivity contribution in [3.63, 3.8) is 0 Å². The third kappa shape index (κ3) is 3.77. The van der Waals surface area contributed by atoms with Crippen LogP contribution in [0.5, 0.6) is 0 Å². The fourth-order valence-corrected chi connectivity index (χ4v) is 2.76. The van der Waals surface area contributed by atoms with Gasteiger partial charge >= 0.3 is 0 Å². The summed E-state index contributed by atoms with van der Waals surface area (Å²) in [6.07, 6.45) is 0. The Morgan fingerprint density at radius 2 is 2.06 bits per heavy atom. The summed E-state index contributed by atoms with van der Waals surface area (Å²) in [5, 5.41) is 2.80. The van der Waals surface area contributed by atoms with Crippen LogP contribution in [0.4, 0.5) is 5.69 Å². The number of aryl methyl sites for hydroxylation is 1. The molecular formula is C10H15BrN2O2S. The molecule has 16 heavy (non-hydrogen) atoms. The zero-order valence-corrected chi connectivity index (χ0v) is 11.7. The van der Waals surface area contributed by atoms with Crippen LogP contribution >= 0.6 is 15.9 Å². The van der Waals surface area contributed by atoms with Crippen molar-refractivity contribution in [1.29, 1.82) is 0 Å². The Kier molecular flexibility index (Phi) is 4.76. The van der Waals surface area contributed by atoms with Crippen molar-refractivity contribution >= 4 is 31.6 Å². The molecule has 0 aliphatic rings. The topological polar surface area (TPSA) is 58.2 Å². The van der Waals surface area contributed by atoms with E-state index in [-0.39, 0.29) is 5.75 Å². The summed E-state index contributed by atoms with van der Waals surface area (Å²) in [6.45, 7) is 2.34. The molecule has 0 fully saturated rings. The fraction of sp³-hybridized carbons (Fsp3) is 0.400. The lowest BCUT2D eigenvalue weighted by Gasteiger charge is -2.10. The highest BCUT2D eigenvalue weighted by atomic mass is 79.9. The Bertz CT molecular complexity index is 460. The van der Waals surface area contributed by atoms with Crippen molar-refractivity contribution in [2.45, 2.75) is 6.92 Å². The first-order valence-corrected chi connectivity index (χ1v) is 7.31. The van der Waals surface area contributed by atoms with E-state index in [1.165, 1.54) is 0 Å². The molecule has 2 N–H and O–H groups in total. The highest BCUT2D eigenvalue weighted by Gasteiger charge is 2.12. The van der Waals surface area contributed by atoms with Gasteiger partial charge < -0.3 is 5.32 Å². The Balaban J connectivity index is 2.84. The van der Waals surface area contributed by atoms with E-state index in [1.54, 1.807) is 13.1 Å². The summed E-state index contributed by atoms with van der Waals surface area (Å²) in [5.74, 6) is 0.0594. The zero-order chi connectivity index (χ0) is 12.2. The van der Waals surface area contributed by atoms with Gasteiger partial charge in [0.1, 0.15) is 0 Å². The predicted octanol–water partition coefficient (Wildman–Crippen LogP) is 1.72. The molecule has 4 nitrogen and oxygen atoms in total. The molecule has 0 unspecified atom stereocenters. The van der Waals surface area contributed by atoms with E-state index in [0.717, 1.165) is 10.0 Å². The predicted molar refractivity (Wildman–Crippen MR) is 70.2 cm³/mol. The van der Waals surface area contributed by atoms with Gasteiger partial charge in [0, 0.05) is 11.0 Å². The van der Waals surface area contributed by atoms with E-state index in [0.29, 0.717) is 12.2 Å². The molecule has 0 heterocycles. The molecule has 1 rings (SSSR count). The van der Waals surface area contributed by atoms with Crippen LogP contribution in [0.3, 0.4) is 0 Å². The molecule has 0 aromatic heterocycles. The van der Waals surface area contributed by atoms with Crippen molar-refractivity contribution < 1.29 is 8.42 Å². The van der Waals surface area contributed by atoms with Crippen LogP contribution in [0.15, 0.2) is 22.7 Å². The summed E-state index contributed by atoms with van der Waals surface area (Å²) >= 11 is 3.36. The van der Waals surface area contributed by atoms with Crippen LogP contribution in [0.2, 0.25) is 0 Å². The number of hydrogen-bond acceptors (Lipinski definition) is 3. The molecule has 0 aliphatic carbocycles. The van der Waals surface area contributed by atoms with E-state index in [4.69, 9.17) is 0 Å². The highest BCUT2D eigenvalue weighted by Crippen LogP contribution is 2.26. The average molecular weight is 307 g/mol. The summed E-state index contributed by atoms with van der Waals surface area (Å²) in [4.78, 5) is 0. The molecule has 0 saturated carbocycles. The van der Waals surface area contributed by atoms with Crippen molar-refractivity contribution in [3.05, 3.63) is 28.2 Å². The first-order valence-electron chi connectivity index (χ1n) is 4.86. The molecule has 90 valence electrons. The van der Waals surface area contributed by atoms with E-state index in [1.807, 2.05) is 19.1 Å². The van der Waals surface area contributed by atoms with E-state index in [9.17, 15) is 8.42 Å². The SMILES string of the molecule is CNCCS(=O)(=O)Nc1cccc(C)c1Br. The van der Waals surface area contributed by atoms with Gasteiger partial charge in [0.2, 0.25) is 10.0 Å². The van der Waals surface area contributed by atoms with Crippen molar-refractivity contribution in [1.82, 2.24) is 5.32 Å². The van der Waals surface area contributed by atoms with Gasteiger partial charge in [-0.25, -0.2) is 8.42 Å². The van der Waals surface area contributed by atoms with Gasteiger partial charge in [0.05, 0.1) is 11.4 Å². The number of halogens is 1. The van der Waals surface area contributed by atoms with Crippen LogP contribution < -0.4 is 10.0 Å². The third-order valence-electron chi connectivity index (χ3n) is 2.08. The Hall–Kier alpha value is -0.590. The fourth-order valence-electron chi connectivity index (χ4n) is 1.18. The number of anilines is 1. The Morgan fingerprint density at radius 1 is 1.38 bits per heavy atom. The minimum atomic E-state index is -3.28. The molecule has 1 aromatic rings. The smallest absolute Gasteiger partial charge is 0.234 e. The van der Waals surface area contributed by atoms with Gasteiger partial charge in [-0.3, -0.25) is 4.72 Å². The minimum absolute atomic E-state index is 0.0594. The summed E-state index contributed by atoms with van der Waals surface area (Å²) in [6, 6.07) is 5.46. The second-order valence-electron chi connectivity index (χ2n) is 3.46. The largest absolute Gasteiger partial charge is 0.319 e. The number of benzene rings is 1. The lowest BCUT2D eigenvalue weighted by Crippen LogP contribution is -2.24. The van der Waals surface area contributed by atoms with Gasteiger partial charge in [0.25, 0.3) is 0 Å². The third-order valence-corrected chi connectivity index (χ3v) is 4.40. The number of rotatable bonds is 5. The number of sulfonamides is 1. The van der Waals surface area contributed by atoms with Gasteiger partial charge in [-0.15, -0.1) is 0 Å². The van der Waals surface area contributed by atoms with Crippen molar-refractivity contribution in [2.75, 3.05) is 24.1 Å². The zero-order valence-electron chi connectivity index (χ0n) is 9.25. The van der Waals surface area contributed by atoms with Crippen molar-refractivity contribution in [3.8, 4) is 0 Å². The highest BCUT2D eigenvalue weighted by molar-refractivity contribution is 9.10. The average Bonchev–Trinajstić information content (AvgIpc) is 2.22. The normalized spacial score (nSPS) is 11.4. The van der Waals surface area contributed by atoms with Gasteiger partial charge in [0.15, 0.2) is 0 Å². The van der Waals surface area contributed by atoms with Gasteiger partial charge in [-0.1, -0.05) is 12.1 Å². The Labute approximate surface area is 105 Å². The molecule has 0 amide bonds. The Morgan fingerprint density at radius 3 is 2.69 bits per heavy atom. The molecule has 0 spiro atoms. The number of hydrogen-bond donors (Lipinski definition) is 2. The molecule has 1 aromatic carbocycles. The molecule has 0 saturated heterocycles. The molecule has 0 radical (unpaired) electrons. The molecule has 0 atom stereocenters. The second kappa shape index (κ2) is 5.65. The number of nitrogens with one attached hydrogen (secondary N) is 2. The summed E-state index contributed by atoms with van der Waals surface area (Å²) < 4.78 is 26.6. The van der Waals surface area contributed by atoms with Crippen LogP contribution in [-0.4, -0.2) is 27.8 Å². The maximum atomic E-state index is 11.7. The monoisotopic (exact) mass is 306 g/mol. The standard InChI is InChI=1S/C10H15BrN2O2S/c1-8-4-3-5-9(10(8)11)13-16(14,15)7-6-12-2/h3-5,12-13H,6-7H2,1-2H3. The maximum Gasteiger partial charge on any atom is 0.234 e. The lowest BCUT2D eigenvalue weighted by atomic mass is 10.2. The van der Waals surface area contributed by atoms with Crippen LogP contribution in [0.1, 0.15) is 5.56 Å². The van der Waals surface area contributed by atoms with Crippen LogP contribution in [0, 0.1) is 6.92 Å². The van der Waals surface area contributed by atoms with Crippen LogP contribution in [0.25, 0.3) is 0 Å². The van der Waals surface area contributed by atoms with Crippen molar-refractivity contribution in [2.24, 2.45) is 0 Å². The van der Waals surface area contributed by atoms with Crippen LogP contribution in [-0.2, 0) is 10.0 Å². The van der Waals surface area contributed by atoms with E-state index in [2.05, 4.69) is 26.0 Å². The molecule has 0 aliphatic heterocycles. The van der Waals surface area contributed by atoms with E-state index >= 15 is 0 Å². The van der Waals surface area contributed by atoms with Gasteiger partial charge in [-0.05, 0) is 41.5 Å². The lowest BCUT2D eigenvalue weighted by molar-refractivity contribution is 0.598. The first kappa shape index (κ1) is 13.5. The minimum Gasteiger partial charge on any atom is -0.319 e.